The standard InChI is InChI=1S/C13H18FNO/c1-10-9-16-11(2)7-15(10)8-12-5-3-4-6-13(12)14/h3-6,10-11H,7-9H2,1-2H3. The molecule has 2 unspecified atom stereocenters. The summed E-state index contributed by atoms with van der Waals surface area (Å²) in [5.74, 6) is -0.117. The maximum Gasteiger partial charge on any atom is 0.127 e. The molecule has 0 amide bonds. The van der Waals surface area contributed by atoms with E-state index in [1.165, 1.54) is 6.07 Å². The number of ether oxygens (including phenoxy) is 1. The Morgan fingerprint density at radius 1 is 1.38 bits per heavy atom. The van der Waals surface area contributed by atoms with E-state index in [0.717, 1.165) is 18.7 Å². The fourth-order valence-electron chi connectivity index (χ4n) is 2.04. The van der Waals surface area contributed by atoms with E-state index in [1.807, 2.05) is 12.1 Å². The van der Waals surface area contributed by atoms with Crippen LogP contribution in [0.3, 0.4) is 0 Å². The van der Waals surface area contributed by atoms with Crippen LogP contribution < -0.4 is 0 Å². The van der Waals surface area contributed by atoms with Crippen LogP contribution in [-0.4, -0.2) is 30.2 Å². The number of rotatable bonds is 2. The van der Waals surface area contributed by atoms with Gasteiger partial charge >= 0.3 is 0 Å². The summed E-state index contributed by atoms with van der Waals surface area (Å²) in [6, 6.07) is 7.33. The molecule has 1 aromatic carbocycles. The number of morpholine rings is 1. The molecule has 0 bridgehead atoms. The van der Waals surface area contributed by atoms with Gasteiger partial charge in [-0.25, -0.2) is 4.39 Å². The Labute approximate surface area is 96.0 Å². The van der Waals surface area contributed by atoms with Crippen molar-refractivity contribution in [2.75, 3.05) is 13.2 Å². The Hall–Kier alpha value is -0.930. The number of halogens is 1. The molecule has 1 aliphatic heterocycles. The topological polar surface area (TPSA) is 12.5 Å². The van der Waals surface area contributed by atoms with Gasteiger partial charge in [-0.15, -0.1) is 0 Å². The molecule has 3 heteroatoms. The normalized spacial score (nSPS) is 26.9. The molecule has 0 aromatic heterocycles. The Morgan fingerprint density at radius 3 is 2.88 bits per heavy atom. The lowest BCUT2D eigenvalue weighted by atomic mass is 10.1. The quantitative estimate of drug-likeness (QED) is 0.763. The highest BCUT2D eigenvalue weighted by atomic mass is 19.1. The molecule has 0 saturated carbocycles. The fraction of sp³-hybridized carbons (Fsp3) is 0.538. The summed E-state index contributed by atoms with van der Waals surface area (Å²) in [6.07, 6.45) is 0.239. The Bertz CT molecular complexity index is 356. The van der Waals surface area contributed by atoms with Gasteiger partial charge in [0.25, 0.3) is 0 Å². The first-order valence-electron chi connectivity index (χ1n) is 5.76. The van der Waals surface area contributed by atoms with Gasteiger partial charge in [-0.1, -0.05) is 18.2 Å². The molecule has 1 fully saturated rings. The smallest absolute Gasteiger partial charge is 0.127 e. The van der Waals surface area contributed by atoms with Crippen molar-refractivity contribution in [3.05, 3.63) is 35.6 Å². The van der Waals surface area contributed by atoms with Gasteiger partial charge in [-0.3, -0.25) is 4.90 Å². The van der Waals surface area contributed by atoms with Crippen LogP contribution in [0.2, 0.25) is 0 Å². The molecule has 88 valence electrons. The lowest BCUT2D eigenvalue weighted by molar-refractivity contribution is -0.0529. The highest BCUT2D eigenvalue weighted by molar-refractivity contribution is 5.17. The highest BCUT2D eigenvalue weighted by Gasteiger charge is 2.23. The van der Waals surface area contributed by atoms with Crippen molar-refractivity contribution in [3.63, 3.8) is 0 Å². The van der Waals surface area contributed by atoms with Crippen LogP contribution in [0.1, 0.15) is 19.4 Å². The molecular formula is C13H18FNO. The van der Waals surface area contributed by atoms with Crippen LogP contribution in [0.15, 0.2) is 24.3 Å². The predicted molar refractivity (Wildman–Crippen MR) is 61.7 cm³/mol. The summed E-state index contributed by atoms with van der Waals surface area (Å²) in [5.41, 5.74) is 0.767. The monoisotopic (exact) mass is 223 g/mol. The largest absolute Gasteiger partial charge is 0.376 e. The minimum absolute atomic E-state index is 0.117. The third-order valence-electron chi connectivity index (χ3n) is 3.07. The first kappa shape index (κ1) is 11.6. The lowest BCUT2D eigenvalue weighted by Gasteiger charge is -2.36. The number of hydrogen-bond donors (Lipinski definition) is 0. The molecule has 2 rings (SSSR count). The van der Waals surface area contributed by atoms with Gasteiger partial charge in [0.15, 0.2) is 0 Å². The Kier molecular flexibility index (Phi) is 3.56. The second-order valence-electron chi connectivity index (χ2n) is 4.51. The van der Waals surface area contributed by atoms with Gasteiger partial charge < -0.3 is 4.74 Å². The summed E-state index contributed by atoms with van der Waals surface area (Å²) in [5, 5.41) is 0. The van der Waals surface area contributed by atoms with Crippen molar-refractivity contribution in [1.82, 2.24) is 4.90 Å². The second kappa shape index (κ2) is 4.93. The average Bonchev–Trinajstić information content (AvgIpc) is 2.27. The minimum Gasteiger partial charge on any atom is -0.376 e. The van der Waals surface area contributed by atoms with E-state index < -0.39 is 0 Å². The molecule has 1 heterocycles. The van der Waals surface area contributed by atoms with Crippen LogP contribution in [-0.2, 0) is 11.3 Å². The number of benzene rings is 1. The van der Waals surface area contributed by atoms with Crippen molar-refractivity contribution in [2.45, 2.75) is 32.5 Å². The summed E-state index contributed by atoms with van der Waals surface area (Å²) in [7, 11) is 0. The van der Waals surface area contributed by atoms with Crippen LogP contribution in [0, 0.1) is 5.82 Å². The predicted octanol–water partition coefficient (Wildman–Crippen LogP) is 2.43. The maximum absolute atomic E-state index is 13.5. The molecular weight excluding hydrogens is 205 g/mol. The van der Waals surface area contributed by atoms with E-state index in [-0.39, 0.29) is 11.9 Å². The zero-order chi connectivity index (χ0) is 11.5. The summed E-state index contributed by atoms with van der Waals surface area (Å²) in [4.78, 5) is 2.27. The van der Waals surface area contributed by atoms with Crippen LogP contribution in [0.25, 0.3) is 0 Å². The maximum atomic E-state index is 13.5. The molecule has 0 radical (unpaired) electrons. The van der Waals surface area contributed by atoms with Gasteiger partial charge in [0, 0.05) is 24.7 Å². The van der Waals surface area contributed by atoms with Crippen molar-refractivity contribution in [3.8, 4) is 0 Å². The number of hydrogen-bond acceptors (Lipinski definition) is 2. The molecule has 0 N–H and O–H groups in total. The van der Waals surface area contributed by atoms with Crippen LogP contribution >= 0.6 is 0 Å². The zero-order valence-electron chi connectivity index (χ0n) is 9.82. The molecule has 0 spiro atoms. The number of nitrogens with zero attached hydrogens (tertiary/aromatic N) is 1. The molecule has 0 aliphatic carbocycles. The molecule has 1 saturated heterocycles. The van der Waals surface area contributed by atoms with Gasteiger partial charge in [0.2, 0.25) is 0 Å². The average molecular weight is 223 g/mol. The van der Waals surface area contributed by atoms with Crippen molar-refractivity contribution >= 4 is 0 Å². The first-order valence-corrected chi connectivity index (χ1v) is 5.76. The third kappa shape index (κ3) is 2.60. The van der Waals surface area contributed by atoms with Crippen molar-refractivity contribution < 1.29 is 9.13 Å². The van der Waals surface area contributed by atoms with Gasteiger partial charge in [-0.05, 0) is 19.9 Å². The van der Waals surface area contributed by atoms with Crippen molar-refractivity contribution in [1.29, 1.82) is 0 Å². The Morgan fingerprint density at radius 2 is 2.12 bits per heavy atom. The van der Waals surface area contributed by atoms with E-state index in [4.69, 9.17) is 4.74 Å². The van der Waals surface area contributed by atoms with Gasteiger partial charge in [0.05, 0.1) is 12.7 Å². The van der Waals surface area contributed by atoms with E-state index >= 15 is 0 Å². The fourth-order valence-corrected chi connectivity index (χ4v) is 2.04. The van der Waals surface area contributed by atoms with Crippen molar-refractivity contribution in [2.24, 2.45) is 0 Å². The summed E-state index contributed by atoms with van der Waals surface area (Å²) in [6.45, 7) is 6.44. The van der Waals surface area contributed by atoms with Gasteiger partial charge in [0.1, 0.15) is 5.82 Å². The van der Waals surface area contributed by atoms with E-state index in [2.05, 4.69) is 18.7 Å². The van der Waals surface area contributed by atoms with E-state index in [0.29, 0.717) is 12.6 Å². The first-order chi connectivity index (χ1) is 7.66. The zero-order valence-corrected chi connectivity index (χ0v) is 9.82. The van der Waals surface area contributed by atoms with Crippen LogP contribution in [0.5, 0.6) is 0 Å². The SMILES string of the molecule is CC1CN(Cc2ccccc2F)C(C)CO1. The third-order valence-corrected chi connectivity index (χ3v) is 3.07. The molecule has 1 aliphatic rings. The Balaban J connectivity index is 2.06. The highest BCUT2D eigenvalue weighted by Crippen LogP contribution is 2.16. The van der Waals surface area contributed by atoms with E-state index in [1.54, 1.807) is 6.07 Å². The minimum atomic E-state index is -0.117. The summed E-state index contributed by atoms with van der Waals surface area (Å²) < 4.78 is 19.1. The lowest BCUT2D eigenvalue weighted by Crippen LogP contribution is -2.46. The van der Waals surface area contributed by atoms with E-state index in [9.17, 15) is 4.39 Å². The van der Waals surface area contributed by atoms with Crippen LogP contribution in [0.4, 0.5) is 4.39 Å². The second-order valence-corrected chi connectivity index (χ2v) is 4.51. The molecule has 16 heavy (non-hydrogen) atoms. The molecule has 2 nitrogen and oxygen atoms in total. The van der Waals surface area contributed by atoms with Gasteiger partial charge in [-0.2, -0.15) is 0 Å². The summed E-state index contributed by atoms with van der Waals surface area (Å²) >= 11 is 0. The molecule has 2 atom stereocenters. The molecule has 1 aromatic rings.